The summed E-state index contributed by atoms with van der Waals surface area (Å²) < 4.78 is 11.7. The summed E-state index contributed by atoms with van der Waals surface area (Å²) in [6, 6.07) is -1.44. The molecule has 0 aromatic rings. The minimum Gasteiger partial charge on any atom is -0.389 e. The first-order valence-corrected chi connectivity index (χ1v) is 8.04. The molecular weight excluding hydrogens is 288 g/mol. The van der Waals surface area contributed by atoms with Gasteiger partial charge in [0.25, 0.3) is 0 Å². The van der Waals surface area contributed by atoms with E-state index >= 15 is 0 Å². The molecule has 1 saturated carbocycles. The molecule has 8 heteroatoms. The predicted octanol–water partition coefficient (Wildman–Crippen LogP) is -2.28. The van der Waals surface area contributed by atoms with Crippen molar-refractivity contribution in [3.63, 3.8) is 0 Å². The van der Waals surface area contributed by atoms with Crippen LogP contribution in [0.25, 0.3) is 0 Å². The summed E-state index contributed by atoms with van der Waals surface area (Å²) in [6.45, 7) is 2.00. The van der Waals surface area contributed by atoms with Gasteiger partial charge < -0.3 is 42.6 Å². The molecule has 2 aliphatic rings. The first-order valence-electron chi connectivity index (χ1n) is 8.04. The molecule has 0 amide bonds. The summed E-state index contributed by atoms with van der Waals surface area (Å²) in [6.07, 6.45) is -1.14. The highest BCUT2D eigenvalue weighted by Gasteiger charge is 2.44. The van der Waals surface area contributed by atoms with Crippen LogP contribution in [0.5, 0.6) is 0 Å². The van der Waals surface area contributed by atoms with Gasteiger partial charge in [-0.3, -0.25) is 0 Å². The number of hydrogen-bond donors (Lipinski definition) is 6. The maximum absolute atomic E-state index is 10.2. The highest BCUT2D eigenvalue weighted by molar-refractivity contribution is 4.98. The Kier molecular flexibility index (Phi) is 6.14. The third kappa shape index (κ3) is 3.77. The van der Waals surface area contributed by atoms with E-state index in [0.29, 0.717) is 6.42 Å². The van der Waals surface area contributed by atoms with Crippen molar-refractivity contribution in [3.05, 3.63) is 0 Å². The fourth-order valence-corrected chi connectivity index (χ4v) is 3.17. The lowest BCUT2D eigenvalue weighted by atomic mass is 9.84. The molecule has 8 nitrogen and oxygen atoms in total. The van der Waals surface area contributed by atoms with E-state index in [1.807, 2.05) is 6.92 Å². The van der Waals surface area contributed by atoms with Gasteiger partial charge in [0, 0.05) is 18.1 Å². The number of aliphatic hydroxyl groups excluding tert-OH is 2. The maximum atomic E-state index is 10.2. The quantitative estimate of drug-likeness (QED) is 0.337. The van der Waals surface area contributed by atoms with E-state index in [2.05, 4.69) is 0 Å². The van der Waals surface area contributed by atoms with Crippen molar-refractivity contribution in [2.75, 3.05) is 0 Å². The lowest BCUT2D eigenvalue weighted by molar-refractivity contribution is -0.256. The summed E-state index contributed by atoms with van der Waals surface area (Å²) >= 11 is 0. The minimum absolute atomic E-state index is 0.0810. The van der Waals surface area contributed by atoms with Crippen LogP contribution in [0.3, 0.4) is 0 Å². The molecule has 1 unspecified atom stereocenters. The zero-order valence-corrected chi connectivity index (χ0v) is 13.0. The van der Waals surface area contributed by atoms with Gasteiger partial charge in [-0.05, 0) is 25.7 Å². The molecule has 0 aromatic carbocycles. The molecule has 2 rings (SSSR count). The molecule has 22 heavy (non-hydrogen) atoms. The van der Waals surface area contributed by atoms with E-state index in [1.165, 1.54) is 0 Å². The minimum atomic E-state index is -1.16. The molecule has 0 radical (unpaired) electrons. The fourth-order valence-electron chi connectivity index (χ4n) is 3.17. The topological polar surface area (TPSA) is 163 Å². The van der Waals surface area contributed by atoms with Gasteiger partial charge in [-0.2, -0.15) is 0 Å². The van der Waals surface area contributed by atoms with Crippen LogP contribution in [-0.4, -0.2) is 65.1 Å². The average molecular weight is 318 g/mol. The molecule has 0 spiro atoms. The maximum Gasteiger partial charge on any atom is 0.173 e. The third-order valence-corrected chi connectivity index (χ3v) is 4.77. The summed E-state index contributed by atoms with van der Waals surface area (Å²) in [5.74, 6) is 0. The van der Waals surface area contributed by atoms with Gasteiger partial charge in [0.15, 0.2) is 6.29 Å². The van der Waals surface area contributed by atoms with Gasteiger partial charge in [-0.1, -0.05) is 6.92 Å². The Morgan fingerprint density at radius 2 is 1.77 bits per heavy atom. The van der Waals surface area contributed by atoms with E-state index in [1.54, 1.807) is 0 Å². The standard InChI is InChI=1S/C14H30N4O4/c1-2-6(15)10-4-3-7(16)14(21-10)22-13-9(18)5-8(17)11(19)12(13)20/h6-14,19-20H,2-5,15-18H2,1H3/t6?,7-,8-,9+,10+,11+,12-,13-,14-/m1/s1. The van der Waals surface area contributed by atoms with Crippen molar-refractivity contribution in [1.29, 1.82) is 0 Å². The second kappa shape index (κ2) is 7.50. The number of aliphatic hydroxyl groups is 2. The van der Waals surface area contributed by atoms with Crippen molar-refractivity contribution in [1.82, 2.24) is 0 Å². The Morgan fingerprint density at radius 1 is 1.09 bits per heavy atom. The molecule has 10 N–H and O–H groups in total. The van der Waals surface area contributed by atoms with Crippen LogP contribution < -0.4 is 22.9 Å². The fraction of sp³-hybridized carbons (Fsp3) is 1.00. The lowest BCUT2D eigenvalue weighted by Gasteiger charge is -2.44. The Balaban J connectivity index is 2.01. The molecule has 1 aliphatic heterocycles. The van der Waals surface area contributed by atoms with E-state index in [4.69, 9.17) is 32.4 Å². The highest BCUT2D eigenvalue weighted by Crippen LogP contribution is 2.27. The van der Waals surface area contributed by atoms with Gasteiger partial charge in [-0.15, -0.1) is 0 Å². The van der Waals surface area contributed by atoms with E-state index in [-0.39, 0.29) is 18.2 Å². The summed E-state index contributed by atoms with van der Waals surface area (Å²) in [5, 5.41) is 20.1. The van der Waals surface area contributed by atoms with Crippen LogP contribution in [0.15, 0.2) is 0 Å². The molecule has 9 atom stereocenters. The molecular formula is C14H30N4O4. The number of rotatable bonds is 4. The van der Waals surface area contributed by atoms with Gasteiger partial charge in [-0.25, -0.2) is 0 Å². The van der Waals surface area contributed by atoms with Crippen molar-refractivity contribution in [3.8, 4) is 0 Å². The second-order valence-electron chi connectivity index (χ2n) is 6.50. The Morgan fingerprint density at radius 3 is 2.41 bits per heavy atom. The van der Waals surface area contributed by atoms with Gasteiger partial charge in [0.2, 0.25) is 0 Å². The number of ether oxygens (including phenoxy) is 2. The van der Waals surface area contributed by atoms with E-state index in [9.17, 15) is 10.2 Å². The van der Waals surface area contributed by atoms with Crippen molar-refractivity contribution in [2.45, 2.75) is 87.5 Å². The predicted molar refractivity (Wildman–Crippen MR) is 81.6 cm³/mol. The molecule has 1 saturated heterocycles. The van der Waals surface area contributed by atoms with Gasteiger partial charge in [0.1, 0.15) is 12.2 Å². The smallest absolute Gasteiger partial charge is 0.173 e. The SMILES string of the molecule is CCC(N)[C@@H]1CC[C@@H](N)[C@@H](O[C@H]2[C@H](O)[C@@H](O)[C@H](N)C[C@@H]2N)O1. The zero-order valence-electron chi connectivity index (χ0n) is 13.0. The van der Waals surface area contributed by atoms with E-state index in [0.717, 1.165) is 19.3 Å². The normalized spacial score (nSPS) is 48.1. The Bertz CT molecular complexity index is 362. The monoisotopic (exact) mass is 318 g/mol. The summed E-state index contributed by atoms with van der Waals surface area (Å²) in [5.41, 5.74) is 23.8. The molecule has 0 aromatic heterocycles. The molecule has 1 aliphatic carbocycles. The van der Waals surface area contributed by atoms with Crippen LogP contribution in [0, 0.1) is 0 Å². The van der Waals surface area contributed by atoms with Crippen LogP contribution in [0.2, 0.25) is 0 Å². The summed E-state index contributed by atoms with van der Waals surface area (Å²) in [4.78, 5) is 0. The van der Waals surface area contributed by atoms with Crippen molar-refractivity contribution >= 4 is 0 Å². The summed E-state index contributed by atoms with van der Waals surface area (Å²) in [7, 11) is 0. The van der Waals surface area contributed by atoms with Crippen LogP contribution in [-0.2, 0) is 9.47 Å². The van der Waals surface area contributed by atoms with Gasteiger partial charge >= 0.3 is 0 Å². The molecule has 0 bridgehead atoms. The number of nitrogens with two attached hydrogens (primary N) is 4. The second-order valence-corrected chi connectivity index (χ2v) is 6.50. The number of hydrogen-bond acceptors (Lipinski definition) is 8. The molecule has 1 heterocycles. The molecule has 2 fully saturated rings. The van der Waals surface area contributed by atoms with Crippen LogP contribution in [0.1, 0.15) is 32.6 Å². The first kappa shape index (κ1) is 18.0. The Hall–Kier alpha value is -0.320. The largest absolute Gasteiger partial charge is 0.389 e. The lowest BCUT2D eigenvalue weighted by Crippen LogP contribution is -2.64. The average Bonchev–Trinajstić information content (AvgIpc) is 2.50. The first-order chi connectivity index (χ1) is 10.3. The van der Waals surface area contributed by atoms with Crippen LogP contribution in [0.4, 0.5) is 0 Å². The van der Waals surface area contributed by atoms with Crippen LogP contribution >= 0.6 is 0 Å². The Labute approximate surface area is 131 Å². The third-order valence-electron chi connectivity index (χ3n) is 4.77. The van der Waals surface area contributed by atoms with Gasteiger partial charge in [0.05, 0.1) is 18.2 Å². The van der Waals surface area contributed by atoms with Crippen molar-refractivity contribution < 1.29 is 19.7 Å². The highest BCUT2D eigenvalue weighted by atomic mass is 16.7. The molecule has 130 valence electrons. The zero-order chi connectivity index (χ0) is 16.4. The van der Waals surface area contributed by atoms with Crippen molar-refractivity contribution in [2.24, 2.45) is 22.9 Å². The van der Waals surface area contributed by atoms with E-state index < -0.39 is 36.7 Å².